The van der Waals surface area contributed by atoms with Crippen LogP contribution in [0.5, 0.6) is 0 Å². The molecule has 0 radical (unpaired) electrons. The number of thiazole rings is 1. The number of aromatic nitrogens is 1. The molecule has 0 saturated heterocycles. The number of alkyl halides is 2. The van der Waals surface area contributed by atoms with E-state index in [0.29, 0.717) is 21.9 Å². The first-order valence-corrected chi connectivity index (χ1v) is 6.96. The fourth-order valence-corrected chi connectivity index (χ4v) is 2.99. The van der Waals surface area contributed by atoms with E-state index in [1.165, 1.54) is 29.5 Å². The first-order chi connectivity index (χ1) is 9.52. The van der Waals surface area contributed by atoms with Gasteiger partial charge in [-0.2, -0.15) is 0 Å². The van der Waals surface area contributed by atoms with Crippen molar-refractivity contribution >= 4 is 17.3 Å². The van der Waals surface area contributed by atoms with Crippen LogP contribution < -0.4 is 0 Å². The number of carbonyl (C=O) groups is 1. The lowest BCUT2D eigenvalue weighted by Crippen LogP contribution is -1.99. The largest absolute Gasteiger partial charge is 0.476 e. The number of carboxylic acid groups (broad SMARTS) is 1. The molecular weight excluding hydrogens is 284 g/mol. The second-order valence-electron chi connectivity index (χ2n) is 4.27. The minimum Gasteiger partial charge on any atom is -0.476 e. The second-order valence-corrected chi connectivity index (χ2v) is 5.35. The number of hydrogen-bond donors (Lipinski definition) is 1. The Bertz CT molecular complexity index is 625. The van der Waals surface area contributed by atoms with Gasteiger partial charge in [-0.05, 0) is 24.5 Å². The predicted octanol–water partition coefficient (Wildman–Crippen LogP) is 4.40. The van der Waals surface area contributed by atoms with Gasteiger partial charge in [-0.15, -0.1) is 11.3 Å². The third kappa shape index (κ3) is 3.01. The maximum absolute atomic E-state index is 12.7. The number of halogens is 2. The van der Waals surface area contributed by atoms with Crippen LogP contribution in [-0.4, -0.2) is 16.1 Å². The number of benzene rings is 1. The summed E-state index contributed by atoms with van der Waals surface area (Å²) < 4.78 is 25.4. The number of carboxylic acids is 1. The highest BCUT2D eigenvalue weighted by Gasteiger charge is 2.19. The van der Waals surface area contributed by atoms with Crippen molar-refractivity contribution < 1.29 is 18.7 Å². The molecule has 1 N–H and O–H groups in total. The molecule has 106 valence electrons. The molecule has 0 bridgehead atoms. The summed E-state index contributed by atoms with van der Waals surface area (Å²) in [5.41, 5.74) is 0.286. The third-order valence-electron chi connectivity index (χ3n) is 2.74. The van der Waals surface area contributed by atoms with E-state index in [2.05, 4.69) is 4.98 Å². The summed E-state index contributed by atoms with van der Waals surface area (Å²) in [5.74, 6) is -1.14. The van der Waals surface area contributed by atoms with Crippen LogP contribution in [0.4, 0.5) is 8.78 Å². The number of aryl methyl sites for hydroxylation is 1. The second kappa shape index (κ2) is 6.09. The fourth-order valence-electron chi connectivity index (χ4n) is 1.84. The zero-order valence-corrected chi connectivity index (χ0v) is 11.6. The topological polar surface area (TPSA) is 50.2 Å². The lowest BCUT2D eigenvalue weighted by atomic mass is 10.1. The standard InChI is InChI=1S/C14H13F2NO2S/c1-2-4-10-17-11(14(18)19)12(20-10)8-5-3-6-9(7-8)13(15)16/h3,5-7,13H,2,4H2,1H3,(H,18,19). The van der Waals surface area contributed by atoms with Gasteiger partial charge in [0.1, 0.15) is 0 Å². The summed E-state index contributed by atoms with van der Waals surface area (Å²) in [7, 11) is 0. The molecule has 0 spiro atoms. The summed E-state index contributed by atoms with van der Waals surface area (Å²) in [6, 6.07) is 5.77. The van der Waals surface area contributed by atoms with E-state index in [1.807, 2.05) is 6.92 Å². The van der Waals surface area contributed by atoms with Crippen LogP contribution in [0.15, 0.2) is 24.3 Å². The summed E-state index contributed by atoms with van der Waals surface area (Å²) in [5, 5.41) is 9.89. The fraction of sp³-hybridized carbons (Fsp3) is 0.286. The van der Waals surface area contributed by atoms with Crippen LogP contribution >= 0.6 is 11.3 Å². The van der Waals surface area contributed by atoms with E-state index in [-0.39, 0.29) is 11.3 Å². The monoisotopic (exact) mass is 297 g/mol. The molecule has 0 atom stereocenters. The number of nitrogens with zero attached hydrogens (tertiary/aromatic N) is 1. The summed E-state index contributed by atoms with van der Waals surface area (Å²) >= 11 is 1.25. The summed E-state index contributed by atoms with van der Waals surface area (Å²) in [6.07, 6.45) is -1.05. The molecule has 0 aliphatic carbocycles. The molecular formula is C14H13F2NO2S. The molecule has 1 aromatic carbocycles. The van der Waals surface area contributed by atoms with Crippen LogP contribution in [0, 0.1) is 0 Å². The van der Waals surface area contributed by atoms with E-state index in [9.17, 15) is 18.7 Å². The molecule has 0 fully saturated rings. The van der Waals surface area contributed by atoms with Gasteiger partial charge in [0.05, 0.1) is 9.88 Å². The molecule has 6 heteroatoms. The van der Waals surface area contributed by atoms with Gasteiger partial charge in [0, 0.05) is 5.56 Å². The summed E-state index contributed by atoms with van der Waals surface area (Å²) in [4.78, 5) is 15.7. The Hall–Kier alpha value is -1.82. The van der Waals surface area contributed by atoms with Gasteiger partial charge in [0.2, 0.25) is 0 Å². The lowest BCUT2D eigenvalue weighted by Gasteiger charge is -2.03. The van der Waals surface area contributed by atoms with E-state index in [4.69, 9.17) is 0 Å². The first-order valence-electron chi connectivity index (χ1n) is 6.14. The third-order valence-corrected chi connectivity index (χ3v) is 3.90. The number of hydrogen-bond acceptors (Lipinski definition) is 3. The van der Waals surface area contributed by atoms with Crippen LogP contribution in [-0.2, 0) is 6.42 Å². The normalized spacial score (nSPS) is 11.0. The molecule has 1 heterocycles. The van der Waals surface area contributed by atoms with Crippen molar-refractivity contribution in [1.29, 1.82) is 0 Å². The maximum Gasteiger partial charge on any atom is 0.356 e. The predicted molar refractivity (Wildman–Crippen MR) is 73.5 cm³/mol. The van der Waals surface area contributed by atoms with E-state index in [0.717, 1.165) is 6.42 Å². The molecule has 0 aliphatic heterocycles. The van der Waals surface area contributed by atoms with Gasteiger partial charge in [-0.1, -0.05) is 25.1 Å². The number of aromatic carboxylic acids is 1. The minimum atomic E-state index is -2.58. The van der Waals surface area contributed by atoms with Gasteiger partial charge < -0.3 is 5.11 Å². The molecule has 3 nitrogen and oxygen atoms in total. The van der Waals surface area contributed by atoms with Crippen molar-refractivity contribution in [3.8, 4) is 10.4 Å². The van der Waals surface area contributed by atoms with Crippen molar-refractivity contribution in [3.05, 3.63) is 40.5 Å². The molecule has 0 unspecified atom stereocenters. The smallest absolute Gasteiger partial charge is 0.356 e. The van der Waals surface area contributed by atoms with Gasteiger partial charge in [0.15, 0.2) is 5.69 Å². The SMILES string of the molecule is CCCc1nc(C(=O)O)c(-c2cccc(C(F)F)c2)s1. The van der Waals surface area contributed by atoms with Crippen molar-refractivity contribution in [3.63, 3.8) is 0 Å². The van der Waals surface area contributed by atoms with Crippen molar-refractivity contribution in [2.24, 2.45) is 0 Å². The Kier molecular flexibility index (Phi) is 4.44. The van der Waals surface area contributed by atoms with E-state index in [1.54, 1.807) is 6.07 Å². The van der Waals surface area contributed by atoms with E-state index < -0.39 is 12.4 Å². The van der Waals surface area contributed by atoms with Crippen LogP contribution in [0.2, 0.25) is 0 Å². The Morgan fingerprint density at radius 1 is 1.45 bits per heavy atom. The Labute approximate surface area is 118 Å². The molecule has 0 amide bonds. The molecule has 2 rings (SSSR count). The zero-order chi connectivity index (χ0) is 14.7. The summed E-state index contributed by atoms with van der Waals surface area (Å²) in [6.45, 7) is 1.97. The zero-order valence-electron chi connectivity index (χ0n) is 10.8. The molecule has 0 saturated carbocycles. The maximum atomic E-state index is 12.7. The van der Waals surface area contributed by atoms with Gasteiger partial charge in [-0.3, -0.25) is 0 Å². The van der Waals surface area contributed by atoms with E-state index >= 15 is 0 Å². The van der Waals surface area contributed by atoms with Crippen LogP contribution in [0.1, 0.15) is 40.8 Å². The van der Waals surface area contributed by atoms with Crippen molar-refractivity contribution in [2.75, 3.05) is 0 Å². The Morgan fingerprint density at radius 2 is 2.20 bits per heavy atom. The quantitative estimate of drug-likeness (QED) is 0.890. The Morgan fingerprint density at radius 3 is 2.80 bits per heavy atom. The molecule has 20 heavy (non-hydrogen) atoms. The van der Waals surface area contributed by atoms with Gasteiger partial charge in [-0.25, -0.2) is 18.6 Å². The average molecular weight is 297 g/mol. The number of rotatable bonds is 5. The van der Waals surface area contributed by atoms with Crippen LogP contribution in [0.3, 0.4) is 0 Å². The Balaban J connectivity index is 2.50. The van der Waals surface area contributed by atoms with Gasteiger partial charge in [0.25, 0.3) is 6.43 Å². The molecule has 1 aromatic heterocycles. The lowest BCUT2D eigenvalue weighted by molar-refractivity contribution is 0.0692. The van der Waals surface area contributed by atoms with Gasteiger partial charge >= 0.3 is 5.97 Å². The minimum absolute atomic E-state index is 0.0649. The highest BCUT2D eigenvalue weighted by atomic mass is 32.1. The van der Waals surface area contributed by atoms with Crippen molar-refractivity contribution in [2.45, 2.75) is 26.2 Å². The molecule has 0 aliphatic rings. The van der Waals surface area contributed by atoms with Crippen LogP contribution in [0.25, 0.3) is 10.4 Å². The first kappa shape index (κ1) is 14.6. The highest BCUT2D eigenvalue weighted by molar-refractivity contribution is 7.15. The highest BCUT2D eigenvalue weighted by Crippen LogP contribution is 2.33. The average Bonchev–Trinajstić information content (AvgIpc) is 2.83. The molecule has 2 aromatic rings. The van der Waals surface area contributed by atoms with Crippen molar-refractivity contribution in [1.82, 2.24) is 4.98 Å².